The lowest BCUT2D eigenvalue weighted by Gasteiger charge is -2.25. The second-order valence-electron chi connectivity index (χ2n) is 14.4. The number of furan rings is 1. The maximum atomic E-state index is 6.44. The van der Waals surface area contributed by atoms with Crippen LogP contribution in [0.25, 0.3) is 106 Å². The summed E-state index contributed by atoms with van der Waals surface area (Å²) in [5.41, 5.74) is 9.96. The van der Waals surface area contributed by atoms with Crippen molar-refractivity contribution >= 4 is 83.3 Å². The van der Waals surface area contributed by atoms with Crippen molar-refractivity contribution < 1.29 is 4.42 Å². The van der Waals surface area contributed by atoms with Gasteiger partial charge in [0.1, 0.15) is 11.2 Å². The summed E-state index contributed by atoms with van der Waals surface area (Å²) >= 11 is 0. The Kier molecular flexibility index (Phi) is 5.90. The van der Waals surface area contributed by atoms with Crippen molar-refractivity contribution in [3.63, 3.8) is 0 Å². The first-order valence-corrected chi connectivity index (χ1v) is 18.0. The molecule has 8 aromatic carbocycles. The molecule has 0 fully saturated rings. The van der Waals surface area contributed by atoms with E-state index in [0.717, 1.165) is 30.4 Å². The molecule has 1 atom stereocenters. The maximum Gasteiger partial charge on any atom is 0.136 e. The fourth-order valence-electron chi connectivity index (χ4n) is 9.10. The Morgan fingerprint density at radius 1 is 0.560 bits per heavy atom. The zero-order chi connectivity index (χ0) is 32.9. The third-order valence-corrected chi connectivity index (χ3v) is 11.4. The number of rotatable bonds is 2. The lowest BCUT2D eigenvalue weighted by Crippen LogP contribution is -2.29. The molecule has 50 heavy (non-hydrogen) atoms. The molecule has 0 radical (unpaired) electrons. The molecule has 236 valence electrons. The fraction of sp³-hybridized carbons (Fsp3) is 0.102. The fourth-order valence-corrected chi connectivity index (χ4v) is 9.10. The SMILES string of the molecule is CC1C=c2ccc3c(-c4c5c(c(-c6ccc7oc8cc9ccccc9cc8c7c6)c6ccccc46)CCC=C5)c4ccccc4cc3c2=CC1. The molecule has 11 rings (SSSR count). The Bertz CT molecular complexity index is 3080. The minimum Gasteiger partial charge on any atom is -0.456 e. The molecule has 9 aromatic rings. The first-order valence-electron chi connectivity index (χ1n) is 18.0. The maximum absolute atomic E-state index is 6.44. The van der Waals surface area contributed by atoms with Gasteiger partial charge >= 0.3 is 0 Å². The minimum atomic E-state index is 0.562. The highest BCUT2D eigenvalue weighted by atomic mass is 16.3. The van der Waals surface area contributed by atoms with Crippen molar-refractivity contribution in [2.45, 2.75) is 26.2 Å². The second-order valence-corrected chi connectivity index (χ2v) is 14.4. The molecule has 1 heterocycles. The van der Waals surface area contributed by atoms with Crippen LogP contribution in [0.15, 0.2) is 132 Å². The van der Waals surface area contributed by atoms with Gasteiger partial charge in [0.15, 0.2) is 0 Å². The molecule has 0 amide bonds. The van der Waals surface area contributed by atoms with Gasteiger partial charge in [-0.3, -0.25) is 0 Å². The molecule has 2 aliphatic rings. The highest BCUT2D eigenvalue weighted by Gasteiger charge is 2.25. The molecule has 1 aromatic heterocycles. The molecule has 0 saturated heterocycles. The Morgan fingerprint density at radius 2 is 1.26 bits per heavy atom. The van der Waals surface area contributed by atoms with Gasteiger partial charge in [-0.2, -0.15) is 0 Å². The molecular formula is C49H34O. The first kappa shape index (κ1) is 28.0. The Balaban J connectivity index is 1.25. The zero-order valence-electron chi connectivity index (χ0n) is 28.0. The summed E-state index contributed by atoms with van der Waals surface area (Å²) in [4.78, 5) is 0. The van der Waals surface area contributed by atoms with E-state index in [-0.39, 0.29) is 0 Å². The Morgan fingerprint density at radius 3 is 2.12 bits per heavy atom. The van der Waals surface area contributed by atoms with Gasteiger partial charge in [-0.1, -0.05) is 122 Å². The van der Waals surface area contributed by atoms with Gasteiger partial charge < -0.3 is 4.42 Å². The second kappa shape index (κ2) is 10.5. The molecule has 0 aliphatic heterocycles. The summed E-state index contributed by atoms with van der Waals surface area (Å²) in [6.07, 6.45) is 12.8. The number of hydrogen-bond donors (Lipinski definition) is 0. The molecule has 0 spiro atoms. The standard InChI is InChI=1S/C49H34O/c1-29-18-21-35-33(24-29)19-22-41-42(35)26-32-12-4-5-13-36(32)48(41)49-39-16-8-6-14-37(39)47(38-15-7-9-17-40(38)49)34-20-23-45-43(27-34)44-25-30-10-2-3-11-31(30)28-46(44)50-45/h2-6,8-14,16-17,19-29H,7,15,18H2,1H3. The number of fused-ring (bicyclic) bond motifs is 10. The number of allylic oxidation sites excluding steroid dienone is 1. The summed E-state index contributed by atoms with van der Waals surface area (Å²) in [6.45, 7) is 2.32. The van der Waals surface area contributed by atoms with Crippen molar-refractivity contribution in [3.05, 3.63) is 149 Å². The third kappa shape index (κ3) is 4.01. The van der Waals surface area contributed by atoms with Crippen molar-refractivity contribution in [2.75, 3.05) is 0 Å². The van der Waals surface area contributed by atoms with E-state index in [0.29, 0.717) is 5.92 Å². The predicted octanol–water partition coefficient (Wildman–Crippen LogP) is 12.1. The van der Waals surface area contributed by atoms with Gasteiger partial charge in [0.25, 0.3) is 0 Å². The van der Waals surface area contributed by atoms with Crippen LogP contribution in [0, 0.1) is 5.92 Å². The van der Waals surface area contributed by atoms with E-state index in [1.165, 1.54) is 97.7 Å². The van der Waals surface area contributed by atoms with Gasteiger partial charge in [-0.05, 0) is 142 Å². The van der Waals surface area contributed by atoms with Crippen molar-refractivity contribution in [1.29, 1.82) is 0 Å². The van der Waals surface area contributed by atoms with Crippen molar-refractivity contribution in [1.82, 2.24) is 0 Å². The van der Waals surface area contributed by atoms with Crippen LogP contribution < -0.4 is 10.4 Å². The van der Waals surface area contributed by atoms with Crippen LogP contribution in [0.3, 0.4) is 0 Å². The van der Waals surface area contributed by atoms with Gasteiger partial charge in [-0.15, -0.1) is 0 Å². The normalized spacial score (nSPS) is 15.5. The van der Waals surface area contributed by atoms with Crippen LogP contribution in [-0.2, 0) is 6.42 Å². The Hall–Kier alpha value is -5.92. The molecule has 0 saturated carbocycles. The third-order valence-electron chi connectivity index (χ3n) is 11.4. The molecule has 0 bridgehead atoms. The van der Waals surface area contributed by atoms with Crippen LogP contribution >= 0.6 is 0 Å². The summed E-state index contributed by atoms with van der Waals surface area (Å²) < 4.78 is 6.44. The van der Waals surface area contributed by atoms with E-state index < -0.39 is 0 Å². The van der Waals surface area contributed by atoms with Crippen molar-refractivity contribution in [3.8, 4) is 22.3 Å². The largest absolute Gasteiger partial charge is 0.456 e. The van der Waals surface area contributed by atoms with E-state index in [1.54, 1.807) is 0 Å². The lowest BCUT2D eigenvalue weighted by atomic mass is 9.78. The van der Waals surface area contributed by atoms with Gasteiger partial charge in [0.2, 0.25) is 0 Å². The minimum absolute atomic E-state index is 0.562. The van der Waals surface area contributed by atoms with E-state index in [9.17, 15) is 0 Å². The van der Waals surface area contributed by atoms with E-state index >= 15 is 0 Å². The monoisotopic (exact) mass is 638 g/mol. The smallest absolute Gasteiger partial charge is 0.136 e. The summed E-state index contributed by atoms with van der Waals surface area (Å²) in [5, 5.41) is 15.4. The first-order chi connectivity index (χ1) is 24.7. The molecular weight excluding hydrogens is 605 g/mol. The predicted molar refractivity (Wildman–Crippen MR) is 214 cm³/mol. The molecule has 2 aliphatic carbocycles. The summed E-state index contributed by atoms with van der Waals surface area (Å²) in [5.74, 6) is 0.562. The number of hydrogen-bond acceptors (Lipinski definition) is 1. The average molecular weight is 639 g/mol. The van der Waals surface area contributed by atoms with Crippen LogP contribution in [-0.4, -0.2) is 0 Å². The summed E-state index contributed by atoms with van der Waals surface area (Å²) in [6, 6.07) is 45.1. The van der Waals surface area contributed by atoms with E-state index in [4.69, 9.17) is 4.42 Å². The van der Waals surface area contributed by atoms with Crippen LogP contribution in [0.5, 0.6) is 0 Å². The lowest BCUT2D eigenvalue weighted by molar-refractivity contribution is 0.669. The highest BCUT2D eigenvalue weighted by molar-refractivity contribution is 6.21. The molecule has 1 nitrogen and oxygen atoms in total. The van der Waals surface area contributed by atoms with E-state index in [2.05, 4.69) is 153 Å². The van der Waals surface area contributed by atoms with Gasteiger partial charge in [0, 0.05) is 10.8 Å². The number of benzene rings is 8. The average Bonchev–Trinajstić information content (AvgIpc) is 3.51. The Labute approximate surface area is 290 Å². The topological polar surface area (TPSA) is 13.1 Å². The van der Waals surface area contributed by atoms with Crippen LogP contribution in [0.1, 0.15) is 30.9 Å². The van der Waals surface area contributed by atoms with Gasteiger partial charge in [-0.25, -0.2) is 0 Å². The zero-order valence-corrected chi connectivity index (χ0v) is 28.0. The highest BCUT2D eigenvalue weighted by Crippen LogP contribution is 2.48. The summed E-state index contributed by atoms with van der Waals surface area (Å²) in [7, 11) is 0. The molecule has 1 unspecified atom stereocenters. The quantitative estimate of drug-likeness (QED) is 0.172. The molecule has 0 N–H and O–H groups in total. The van der Waals surface area contributed by atoms with Crippen LogP contribution in [0.4, 0.5) is 0 Å². The van der Waals surface area contributed by atoms with Crippen molar-refractivity contribution in [2.24, 2.45) is 5.92 Å². The van der Waals surface area contributed by atoms with Gasteiger partial charge in [0.05, 0.1) is 0 Å². The molecule has 1 heteroatoms. The van der Waals surface area contributed by atoms with Crippen LogP contribution in [0.2, 0.25) is 0 Å². The van der Waals surface area contributed by atoms with E-state index in [1.807, 2.05) is 0 Å².